The number of carboxylic acid groups (broad SMARTS) is 1. The highest BCUT2D eigenvalue weighted by molar-refractivity contribution is 9.10. The largest absolute Gasteiger partial charge is 0.507 e. The lowest BCUT2D eigenvalue weighted by atomic mass is 9.76. The Balaban J connectivity index is 2.27. The van der Waals surface area contributed by atoms with Gasteiger partial charge in [0.15, 0.2) is 0 Å². The van der Waals surface area contributed by atoms with E-state index in [1.807, 2.05) is 13.8 Å². The lowest BCUT2D eigenvalue weighted by molar-refractivity contribution is -0.150. The van der Waals surface area contributed by atoms with Crippen molar-refractivity contribution in [2.45, 2.75) is 20.3 Å². The number of phenols is 1. The number of hydrogen-bond acceptors (Lipinski definition) is 3. The van der Waals surface area contributed by atoms with E-state index in [0.29, 0.717) is 17.4 Å². The van der Waals surface area contributed by atoms with E-state index in [9.17, 15) is 19.8 Å². The third-order valence-corrected chi connectivity index (χ3v) is 4.80. The van der Waals surface area contributed by atoms with Crippen molar-refractivity contribution in [3.8, 4) is 5.75 Å². The number of aliphatic carboxylic acids is 1. The number of phenolic OH excluding ortho intramolecular Hbond substituents is 1. The van der Waals surface area contributed by atoms with Crippen LogP contribution in [0.15, 0.2) is 22.7 Å². The summed E-state index contributed by atoms with van der Waals surface area (Å²) in [6, 6.07) is 4.64. The molecule has 0 bridgehead atoms. The number of halogens is 1. The Kier molecular flexibility index (Phi) is 4.27. The molecule has 1 saturated heterocycles. The second-order valence-electron chi connectivity index (χ2n) is 5.75. The number of carbonyl (C=O) groups is 2. The molecule has 0 aliphatic carbocycles. The highest BCUT2D eigenvalue weighted by Gasteiger charge is 2.48. The van der Waals surface area contributed by atoms with Gasteiger partial charge in [-0.1, -0.05) is 29.8 Å². The molecule has 2 N–H and O–H groups in total. The van der Waals surface area contributed by atoms with Crippen molar-refractivity contribution < 1.29 is 19.8 Å². The predicted molar refractivity (Wildman–Crippen MR) is 81.2 cm³/mol. The smallest absolute Gasteiger partial charge is 0.311 e. The van der Waals surface area contributed by atoms with Crippen molar-refractivity contribution in [3.63, 3.8) is 0 Å². The molecule has 2 rings (SSSR count). The molecule has 6 heteroatoms. The zero-order valence-electron chi connectivity index (χ0n) is 12.0. The van der Waals surface area contributed by atoms with Gasteiger partial charge in [-0.3, -0.25) is 9.59 Å². The molecule has 0 radical (unpaired) electrons. The fraction of sp³-hybridized carbons (Fsp3) is 0.467. The normalized spacial score (nSPS) is 21.8. The average Bonchev–Trinajstić information content (AvgIpc) is 2.87. The monoisotopic (exact) mass is 355 g/mol. The van der Waals surface area contributed by atoms with E-state index in [4.69, 9.17) is 0 Å². The van der Waals surface area contributed by atoms with Gasteiger partial charge in [0.2, 0.25) is 0 Å². The van der Waals surface area contributed by atoms with E-state index < -0.39 is 11.4 Å². The van der Waals surface area contributed by atoms with Gasteiger partial charge in [-0.15, -0.1) is 0 Å². The third-order valence-electron chi connectivity index (χ3n) is 4.31. The number of rotatable bonds is 3. The lowest BCUT2D eigenvalue weighted by Gasteiger charge is -2.28. The van der Waals surface area contributed by atoms with E-state index >= 15 is 0 Å². The fourth-order valence-corrected chi connectivity index (χ4v) is 3.11. The maximum atomic E-state index is 12.5. The molecule has 1 fully saturated rings. The Morgan fingerprint density at radius 2 is 2.05 bits per heavy atom. The van der Waals surface area contributed by atoms with Crippen LogP contribution in [0.25, 0.3) is 0 Å². The molecule has 1 heterocycles. The van der Waals surface area contributed by atoms with Crippen LogP contribution in [-0.2, 0) is 4.79 Å². The molecule has 21 heavy (non-hydrogen) atoms. The van der Waals surface area contributed by atoms with E-state index in [1.54, 1.807) is 12.1 Å². The van der Waals surface area contributed by atoms with Crippen molar-refractivity contribution >= 4 is 27.8 Å². The molecular weight excluding hydrogens is 338 g/mol. The van der Waals surface area contributed by atoms with Crippen LogP contribution in [0.4, 0.5) is 0 Å². The summed E-state index contributed by atoms with van der Waals surface area (Å²) < 4.78 is 0.691. The molecule has 5 nitrogen and oxygen atoms in total. The molecule has 1 aromatic carbocycles. The maximum absolute atomic E-state index is 12.5. The summed E-state index contributed by atoms with van der Waals surface area (Å²) in [7, 11) is 0. The minimum atomic E-state index is -0.905. The Bertz CT molecular complexity index is 587. The van der Waals surface area contributed by atoms with E-state index in [1.165, 1.54) is 11.0 Å². The quantitative estimate of drug-likeness (QED) is 0.873. The number of aromatic hydroxyl groups is 1. The van der Waals surface area contributed by atoms with Crippen molar-refractivity contribution in [1.29, 1.82) is 0 Å². The minimum Gasteiger partial charge on any atom is -0.507 e. The molecule has 1 aliphatic heterocycles. The molecule has 114 valence electrons. The van der Waals surface area contributed by atoms with Crippen LogP contribution in [0.3, 0.4) is 0 Å². The first kappa shape index (κ1) is 15.8. The van der Waals surface area contributed by atoms with Gasteiger partial charge in [0.1, 0.15) is 5.75 Å². The summed E-state index contributed by atoms with van der Waals surface area (Å²) in [5.41, 5.74) is -0.716. The maximum Gasteiger partial charge on any atom is 0.311 e. The van der Waals surface area contributed by atoms with Gasteiger partial charge in [0.25, 0.3) is 5.91 Å². The van der Waals surface area contributed by atoms with Gasteiger partial charge in [-0.05, 0) is 30.5 Å². The molecule has 1 atom stereocenters. The second-order valence-corrected chi connectivity index (χ2v) is 6.67. The number of carboxylic acids is 1. The van der Waals surface area contributed by atoms with Crippen molar-refractivity contribution in [3.05, 3.63) is 28.2 Å². The SMILES string of the molecule is CC(C)C1(C(=O)O)CCN(C(=O)c2cc(Br)ccc2O)C1. The molecule has 0 aromatic heterocycles. The van der Waals surface area contributed by atoms with Crippen molar-refractivity contribution in [2.24, 2.45) is 11.3 Å². The Labute approximate surface area is 131 Å². The first-order valence-electron chi connectivity index (χ1n) is 6.79. The van der Waals surface area contributed by atoms with Crippen LogP contribution in [0.2, 0.25) is 0 Å². The van der Waals surface area contributed by atoms with Gasteiger partial charge in [0, 0.05) is 17.6 Å². The van der Waals surface area contributed by atoms with Gasteiger partial charge >= 0.3 is 5.97 Å². The van der Waals surface area contributed by atoms with E-state index in [2.05, 4.69) is 15.9 Å². The first-order valence-corrected chi connectivity index (χ1v) is 7.58. The summed E-state index contributed by atoms with van der Waals surface area (Å²) in [6.45, 7) is 4.28. The molecule has 0 spiro atoms. The van der Waals surface area contributed by atoms with Crippen LogP contribution < -0.4 is 0 Å². The summed E-state index contributed by atoms with van der Waals surface area (Å²) in [6.07, 6.45) is 0.431. The number of benzene rings is 1. The van der Waals surface area contributed by atoms with Crippen LogP contribution in [0.1, 0.15) is 30.6 Å². The summed E-state index contributed by atoms with van der Waals surface area (Å²) >= 11 is 3.27. The number of nitrogens with zero attached hydrogens (tertiary/aromatic N) is 1. The van der Waals surface area contributed by atoms with Crippen LogP contribution in [0.5, 0.6) is 5.75 Å². The predicted octanol–water partition coefficient (Wildman–Crippen LogP) is 2.73. The minimum absolute atomic E-state index is 0.0658. The zero-order valence-corrected chi connectivity index (χ0v) is 13.6. The third kappa shape index (κ3) is 2.77. The highest BCUT2D eigenvalue weighted by atomic mass is 79.9. The van der Waals surface area contributed by atoms with Crippen LogP contribution >= 0.6 is 15.9 Å². The lowest BCUT2D eigenvalue weighted by Crippen LogP contribution is -2.40. The number of hydrogen-bond donors (Lipinski definition) is 2. The Hall–Kier alpha value is -1.56. The topological polar surface area (TPSA) is 77.8 Å². The Morgan fingerprint density at radius 1 is 1.38 bits per heavy atom. The molecule has 0 saturated carbocycles. The van der Waals surface area contributed by atoms with Gasteiger partial charge < -0.3 is 15.1 Å². The summed E-state index contributed by atoms with van der Waals surface area (Å²) in [5, 5.41) is 19.3. The van der Waals surface area contributed by atoms with Gasteiger partial charge in [-0.2, -0.15) is 0 Å². The zero-order chi connectivity index (χ0) is 15.8. The van der Waals surface area contributed by atoms with E-state index in [-0.39, 0.29) is 29.7 Å². The van der Waals surface area contributed by atoms with Gasteiger partial charge in [0.05, 0.1) is 11.0 Å². The second kappa shape index (κ2) is 5.67. The highest BCUT2D eigenvalue weighted by Crippen LogP contribution is 2.39. The Morgan fingerprint density at radius 3 is 2.57 bits per heavy atom. The number of carbonyl (C=O) groups excluding carboxylic acids is 1. The fourth-order valence-electron chi connectivity index (χ4n) is 2.75. The summed E-state index contributed by atoms with van der Waals surface area (Å²) in [5.74, 6) is -1.37. The number of amides is 1. The first-order chi connectivity index (χ1) is 9.78. The standard InChI is InChI=1S/C15H18BrNO4/c1-9(2)15(14(20)21)5-6-17(8-15)13(19)11-7-10(16)3-4-12(11)18/h3-4,7,9,18H,5-6,8H2,1-2H3,(H,20,21). The molecule has 1 amide bonds. The molecule has 1 aliphatic rings. The van der Waals surface area contributed by atoms with Crippen LogP contribution in [-0.4, -0.2) is 40.1 Å². The van der Waals surface area contributed by atoms with Gasteiger partial charge in [-0.25, -0.2) is 0 Å². The summed E-state index contributed by atoms with van der Waals surface area (Å²) in [4.78, 5) is 25.6. The van der Waals surface area contributed by atoms with E-state index in [0.717, 1.165) is 0 Å². The van der Waals surface area contributed by atoms with Crippen LogP contribution in [0, 0.1) is 11.3 Å². The van der Waals surface area contributed by atoms with Crippen molar-refractivity contribution in [1.82, 2.24) is 4.90 Å². The van der Waals surface area contributed by atoms with Crippen molar-refractivity contribution in [2.75, 3.05) is 13.1 Å². The number of likely N-dealkylation sites (tertiary alicyclic amines) is 1. The average molecular weight is 356 g/mol. The molecular formula is C15H18BrNO4. The molecule has 1 aromatic rings. The molecule has 1 unspecified atom stereocenters.